The van der Waals surface area contributed by atoms with Gasteiger partial charge in [-0.15, -0.1) is 0 Å². The van der Waals surface area contributed by atoms with Crippen molar-refractivity contribution in [1.29, 1.82) is 0 Å². The zero-order chi connectivity index (χ0) is 29.3. The van der Waals surface area contributed by atoms with Gasteiger partial charge in [-0.25, -0.2) is 28.8 Å². The third-order valence-corrected chi connectivity index (χ3v) is 3.35. The van der Waals surface area contributed by atoms with E-state index in [9.17, 15) is 28.8 Å². The van der Waals surface area contributed by atoms with Gasteiger partial charge in [-0.05, 0) is 13.3 Å². The smallest absolute Gasteiger partial charge is 0.367 e. The van der Waals surface area contributed by atoms with Gasteiger partial charge in [-0.1, -0.05) is 31.4 Å². The molecule has 0 aliphatic rings. The molecule has 0 radical (unpaired) electrons. The highest BCUT2D eigenvalue weighted by atomic mass is 16.7. The van der Waals surface area contributed by atoms with Crippen LogP contribution in [0.5, 0.6) is 0 Å². The summed E-state index contributed by atoms with van der Waals surface area (Å²) in [5, 5.41) is 48.8. The lowest BCUT2D eigenvalue weighted by Crippen LogP contribution is -2.46. The number of hydrogen-bond donors (Lipinski definition) is 8. The van der Waals surface area contributed by atoms with Gasteiger partial charge in [0.05, 0.1) is 19.8 Å². The average Bonchev–Trinajstić information content (AvgIpc) is 2.84. The second-order valence-electron chi connectivity index (χ2n) is 5.86. The molecule has 0 saturated heterocycles. The molecule has 16 nitrogen and oxygen atoms in total. The number of aliphatic hydroxyl groups is 3. The van der Waals surface area contributed by atoms with E-state index in [4.69, 9.17) is 30.6 Å². The molecule has 8 N–H and O–H groups in total. The topological polar surface area (TPSA) is 270 Å². The van der Waals surface area contributed by atoms with Crippen molar-refractivity contribution in [2.24, 2.45) is 5.41 Å². The van der Waals surface area contributed by atoms with Gasteiger partial charge in [0.15, 0.2) is 0 Å². The maximum absolute atomic E-state index is 10.8. The molecule has 1 aromatic heterocycles. The number of carbonyl (C=O) groups is 3. The minimum Gasteiger partial charge on any atom is -0.478 e. The van der Waals surface area contributed by atoms with Gasteiger partial charge in [0.1, 0.15) is 6.61 Å². The maximum Gasteiger partial charge on any atom is 0.367 e. The molecule has 0 spiro atoms. The molecule has 36 heavy (non-hydrogen) atoms. The zero-order valence-corrected chi connectivity index (χ0v) is 19.9. The Morgan fingerprint density at radius 3 is 1.22 bits per heavy atom. The molecular formula is C20H33N3O13. The Labute approximate surface area is 204 Å². The third kappa shape index (κ3) is 22.9. The molecule has 0 aliphatic carbocycles. The van der Waals surface area contributed by atoms with E-state index in [0.717, 1.165) is 18.2 Å². The van der Waals surface area contributed by atoms with E-state index < -0.39 is 40.4 Å². The Bertz CT molecular complexity index is 877. The molecule has 0 aromatic carbocycles. The van der Waals surface area contributed by atoms with Gasteiger partial charge in [-0.2, -0.15) is 0 Å². The number of aliphatic carboxylic acids is 3. The number of aromatic amines is 2. The average molecular weight is 523 g/mol. The quantitative estimate of drug-likeness (QED) is 0.160. The van der Waals surface area contributed by atoms with Crippen LogP contribution in [-0.4, -0.2) is 89.7 Å². The molecule has 0 saturated carbocycles. The largest absolute Gasteiger partial charge is 0.478 e. The Balaban J connectivity index is -0.000000189. The van der Waals surface area contributed by atoms with Crippen molar-refractivity contribution in [3.05, 3.63) is 69.4 Å². The lowest BCUT2D eigenvalue weighted by molar-refractivity contribution is -0.132. The first kappa shape index (κ1) is 39.0. The fourth-order valence-corrected chi connectivity index (χ4v) is 1.15. The van der Waals surface area contributed by atoms with E-state index in [1.807, 2.05) is 16.9 Å². The van der Waals surface area contributed by atoms with Gasteiger partial charge in [-0.3, -0.25) is 9.97 Å². The number of aromatic nitrogens is 3. The van der Waals surface area contributed by atoms with Crippen LogP contribution in [0.2, 0.25) is 0 Å². The van der Waals surface area contributed by atoms with E-state index in [0.29, 0.717) is 11.2 Å². The standard InChI is InChI=1S/C6H14O3.C5H7N3O4.3C3H4O2/c1-2-6(3-7,4-8)5-9;1-2-12-8-4(10)6-3(9)7-5(8)11;3*1-2-3(4)5/h7-9H,2-5H2,1H3;2H2,1H3,(H2,6,7,9,10,11);3*2H,1H2,(H,4,5). The van der Waals surface area contributed by atoms with Crippen LogP contribution in [0, 0.1) is 5.41 Å². The molecule has 0 fully saturated rings. The molecule has 1 heterocycles. The molecule has 0 bridgehead atoms. The summed E-state index contributed by atoms with van der Waals surface area (Å²) in [7, 11) is 0. The molecule has 0 atom stereocenters. The van der Waals surface area contributed by atoms with Crippen molar-refractivity contribution < 1.29 is 49.9 Å². The number of H-pyrrole nitrogens is 2. The monoisotopic (exact) mass is 523 g/mol. The van der Waals surface area contributed by atoms with Gasteiger partial charge < -0.3 is 35.5 Å². The van der Waals surface area contributed by atoms with Crippen molar-refractivity contribution in [2.75, 3.05) is 26.4 Å². The molecule has 1 aromatic rings. The summed E-state index contributed by atoms with van der Waals surface area (Å²) < 4.78 is 0.446. The second-order valence-corrected chi connectivity index (χ2v) is 5.86. The van der Waals surface area contributed by atoms with E-state index in [1.165, 1.54) is 0 Å². The van der Waals surface area contributed by atoms with E-state index in [2.05, 4.69) is 24.6 Å². The number of nitrogens with one attached hydrogen (secondary N) is 2. The molecule has 0 amide bonds. The number of rotatable bonds is 9. The molecule has 0 unspecified atom stereocenters. The zero-order valence-electron chi connectivity index (χ0n) is 19.9. The number of aliphatic hydroxyl groups excluding tert-OH is 3. The van der Waals surface area contributed by atoms with Gasteiger partial charge >= 0.3 is 35.0 Å². The van der Waals surface area contributed by atoms with Crippen LogP contribution >= 0.6 is 0 Å². The van der Waals surface area contributed by atoms with Crippen LogP contribution in [0.4, 0.5) is 0 Å². The summed E-state index contributed by atoms with van der Waals surface area (Å²) in [5.41, 5.74) is -3.28. The van der Waals surface area contributed by atoms with Crippen LogP contribution in [-0.2, 0) is 14.4 Å². The van der Waals surface area contributed by atoms with Crippen LogP contribution < -0.4 is 21.9 Å². The first-order chi connectivity index (χ1) is 16.7. The van der Waals surface area contributed by atoms with Crippen molar-refractivity contribution >= 4 is 17.9 Å². The second kappa shape index (κ2) is 23.9. The Morgan fingerprint density at radius 1 is 0.806 bits per heavy atom. The van der Waals surface area contributed by atoms with Crippen molar-refractivity contribution in [3.63, 3.8) is 0 Å². The number of hydrogen-bond acceptors (Lipinski definition) is 10. The lowest BCUT2D eigenvalue weighted by Gasteiger charge is -2.24. The Morgan fingerprint density at radius 2 is 1.08 bits per heavy atom. The summed E-state index contributed by atoms with van der Waals surface area (Å²) in [4.78, 5) is 68.1. The van der Waals surface area contributed by atoms with Crippen molar-refractivity contribution in [3.8, 4) is 0 Å². The number of carboxylic acids is 3. The fourth-order valence-electron chi connectivity index (χ4n) is 1.15. The van der Waals surface area contributed by atoms with Gasteiger partial charge in [0.2, 0.25) is 0 Å². The first-order valence-corrected chi connectivity index (χ1v) is 9.68. The number of carboxylic acid groups (broad SMARTS) is 3. The Kier molecular flexibility index (Phi) is 25.8. The summed E-state index contributed by atoms with van der Waals surface area (Å²) in [6, 6.07) is 0. The number of nitrogens with zero attached hydrogens (tertiary/aromatic N) is 1. The van der Waals surface area contributed by atoms with E-state index >= 15 is 0 Å². The normalized spacial score (nSPS) is 8.92. The molecule has 0 aliphatic heterocycles. The third-order valence-electron chi connectivity index (χ3n) is 3.35. The molecule has 1 rings (SSSR count). The van der Waals surface area contributed by atoms with Gasteiger partial charge in [0.25, 0.3) is 0 Å². The highest BCUT2D eigenvalue weighted by Gasteiger charge is 2.24. The van der Waals surface area contributed by atoms with Crippen LogP contribution in [0.3, 0.4) is 0 Å². The minimum atomic E-state index is -0.981. The van der Waals surface area contributed by atoms with Crippen molar-refractivity contribution in [2.45, 2.75) is 20.3 Å². The van der Waals surface area contributed by atoms with E-state index in [-0.39, 0.29) is 26.4 Å². The SMILES string of the molecule is C=CC(=O)O.C=CC(=O)O.C=CC(=O)O.CCC(CO)(CO)CO.CCOn1c(=O)[nH]c(=O)[nH]c1=O. The van der Waals surface area contributed by atoms with Crippen LogP contribution in [0.25, 0.3) is 0 Å². The van der Waals surface area contributed by atoms with E-state index in [1.54, 1.807) is 6.92 Å². The summed E-state index contributed by atoms with van der Waals surface area (Å²) in [6.07, 6.45) is 3.09. The van der Waals surface area contributed by atoms with Crippen molar-refractivity contribution in [1.82, 2.24) is 14.7 Å². The fraction of sp³-hybridized carbons (Fsp3) is 0.400. The predicted octanol–water partition coefficient (Wildman–Crippen LogP) is -2.20. The van der Waals surface area contributed by atoms with Crippen LogP contribution in [0.15, 0.2) is 52.3 Å². The first-order valence-electron chi connectivity index (χ1n) is 9.68. The maximum atomic E-state index is 10.8. The summed E-state index contributed by atoms with van der Waals surface area (Å²) in [6.45, 7) is 12.0. The molecular weight excluding hydrogens is 490 g/mol. The molecule has 206 valence electrons. The minimum absolute atomic E-state index is 0.156. The van der Waals surface area contributed by atoms with Crippen LogP contribution in [0.1, 0.15) is 20.3 Å². The molecule has 16 heteroatoms. The highest BCUT2D eigenvalue weighted by Crippen LogP contribution is 2.18. The summed E-state index contributed by atoms with van der Waals surface area (Å²) in [5.74, 6) is -2.94. The summed E-state index contributed by atoms with van der Waals surface area (Å²) >= 11 is 0. The highest BCUT2D eigenvalue weighted by molar-refractivity contribution is 5.79. The Hall–Kier alpha value is -4.28. The van der Waals surface area contributed by atoms with Gasteiger partial charge in [0, 0.05) is 23.6 Å². The lowest BCUT2D eigenvalue weighted by atomic mass is 9.88. The predicted molar refractivity (Wildman–Crippen MR) is 127 cm³/mol.